The van der Waals surface area contributed by atoms with Crippen LogP contribution < -0.4 is 9.44 Å². The maximum atomic E-state index is 11.3. The van der Waals surface area contributed by atoms with Gasteiger partial charge in [0.2, 0.25) is 0 Å². The van der Waals surface area contributed by atoms with Crippen LogP contribution in [0.15, 0.2) is 0 Å². The highest BCUT2D eigenvalue weighted by molar-refractivity contribution is 7.87. The molecule has 0 spiro atoms. The molecule has 1 unspecified atom stereocenters. The molecule has 0 bridgehead atoms. The number of hydrogen-bond donors (Lipinski definition) is 4. The fourth-order valence-electron chi connectivity index (χ4n) is 0.710. The molecule has 0 saturated carbocycles. The van der Waals surface area contributed by atoms with Crippen molar-refractivity contribution in [2.45, 2.75) is 32.4 Å². The predicted octanol–water partition coefficient (Wildman–Crippen LogP) is -1.44. The Morgan fingerprint density at radius 3 is 2.21 bits per heavy atom. The molecule has 14 heavy (non-hydrogen) atoms. The summed E-state index contributed by atoms with van der Waals surface area (Å²) in [4.78, 5) is 0. The molecule has 7 heteroatoms. The Kier molecular flexibility index (Phi) is 4.96. The normalized spacial score (nSPS) is 15.5. The van der Waals surface area contributed by atoms with Crippen molar-refractivity contribution >= 4 is 10.2 Å². The second-order valence-electron chi connectivity index (χ2n) is 4.04. The minimum absolute atomic E-state index is 0.206. The summed E-state index contributed by atoms with van der Waals surface area (Å²) in [5.41, 5.74) is -0.573. The number of nitrogens with one attached hydrogen (secondary N) is 2. The van der Waals surface area contributed by atoms with Gasteiger partial charge in [0.05, 0.1) is 12.7 Å². The van der Waals surface area contributed by atoms with E-state index in [1.165, 1.54) is 0 Å². The maximum Gasteiger partial charge on any atom is 0.277 e. The van der Waals surface area contributed by atoms with Crippen molar-refractivity contribution in [3.63, 3.8) is 0 Å². The summed E-state index contributed by atoms with van der Waals surface area (Å²) in [6, 6.07) is 0. The van der Waals surface area contributed by atoms with Gasteiger partial charge in [-0.15, -0.1) is 0 Å². The third kappa shape index (κ3) is 7.22. The SMILES string of the molecule is CC(C)(C)NS(=O)(=O)NCC(O)CO. The van der Waals surface area contributed by atoms with E-state index in [-0.39, 0.29) is 6.54 Å². The first-order chi connectivity index (χ1) is 6.16. The van der Waals surface area contributed by atoms with Gasteiger partial charge in [-0.05, 0) is 20.8 Å². The van der Waals surface area contributed by atoms with Gasteiger partial charge < -0.3 is 10.2 Å². The van der Waals surface area contributed by atoms with E-state index in [9.17, 15) is 8.42 Å². The van der Waals surface area contributed by atoms with Gasteiger partial charge in [0.25, 0.3) is 10.2 Å². The van der Waals surface area contributed by atoms with Crippen molar-refractivity contribution in [2.75, 3.05) is 13.2 Å². The van der Waals surface area contributed by atoms with Crippen molar-refractivity contribution in [3.05, 3.63) is 0 Å². The average Bonchev–Trinajstić information content (AvgIpc) is 1.96. The highest BCUT2D eigenvalue weighted by atomic mass is 32.2. The highest BCUT2D eigenvalue weighted by Crippen LogP contribution is 2.00. The third-order valence-electron chi connectivity index (χ3n) is 1.16. The molecule has 6 nitrogen and oxygen atoms in total. The molecule has 0 saturated heterocycles. The van der Waals surface area contributed by atoms with Crippen molar-refractivity contribution < 1.29 is 18.6 Å². The summed E-state index contributed by atoms with van der Waals surface area (Å²) in [6.45, 7) is 4.43. The average molecular weight is 226 g/mol. The second kappa shape index (κ2) is 5.04. The molecule has 0 aliphatic carbocycles. The number of aliphatic hydroxyl groups excluding tert-OH is 2. The van der Waals surface area contributed by atoms with Crippen LogP contribution >= 0.6 is 0 Å². The Labute approximate surface area is 84.5 Å². The zero-order valence-electron chi connectivity index (χ0n) is 8.61. The number of hydrogen-bond acceptors (Lipinski definition) is 4. The van der Waals surface area contributed by atoms with Crippen LogP contribution in [0, 0.1) is 0 Å². The molecule has 86 valence electrons. The Morgan fingerprint density at radius 1 is 1.36 bits per heavy atom. The lowest BCUT2D eigenvalue weighted by atomic mass is 10.1. The van der Waals surface area contributed by atoms with E-state index in [0.29, 0.717) is 0 Å². The lowest BCUT2D eigenvalue weighted by Crippen LogP contribution is -2.48. The Hall–Kier alpha value is -0.210. The molecule has 0 heterocycles. The third-order valence-corrected chi connectivity index (χ3v) is 2.59. The van der Waals surface area contributed by atoms with Crippen LogP contribution in [0.3, 0.4) is 0 Å². The first kappa shape index (κ1) is 13.8. The second-order valence-corrected chi connectivity index (χ2v) is 5.54. The van der Waals surface area contributed by atoms with Crippen LogP contribution in [0.5, 0.6) is 0 Å². The van der Waals surface area contributed by atoms with Crippen LogP contribution in [0.25, 0.3) is 0 Å². The van der Waals surface area contributed by atoms with Crippen LogP contribution in [-0.4, -0.2) is 43.4 Å². The molecular formula is C7H18N2O4S. The fourth-order valence-corrected chi connectivity index (χ4v) is 2.00. The zero-order chi connectivity index (χ0) is 11.4. The van der Waals surface area contributed by atoms with E-state index in [1.54, 1.807) is 20.8 Å². The lowest BCUT2D eigenvalue weighted by Gasteiger charge is -2.21. The van der Waals surface area contributed by atoms with E-state index in [2.05, 4.69) is 9.44 Å². The summed E-state index contributed by atoms with van der Waals surface area (Å²) < 4.78 is 27.0. The standard InChI is InChI=1S/C7H18N2O4S/c1-7(2,3)9-14(12,13)8-4-6(11)5-10/h6,8-11H,4-5H2,1-3H3. The minimum Gasteiger partial charge on any atom is -0.394 e. The summed E-state index contributed by atoms with van der Waals surface area (Å²) in [5.74, 6) is 0. The fraction of sp³-hybridized carbons (Fsp3) is 1.00. The monoisotopic (exact) mass is 226 g/mol. The van der Waals surface area contributed by atoms with Crippen LogP contribution in [0.4, 0.5) is 0 Å². The van der Waals surface area contributed by atoms with Gasteiger partial charge in [-0.1, -0.05) is 0 Å². The smallest absolute Gasteiger partial charge is 0.277 e. The van der Waals surface area contributed by atoms with Crippen molar-refractivity contribution in [2.24, 2.45) is 0 Å². The van der Waals surface area contributed by atoms with Gasteiger partial charge in [0.1, 0.15) is 0 Å². The van der Waals surface area contributed by atoms with Gasteiger partial charge in [-0.2, -0.15) is 17.9 Å². The van der Waals surface area contributed by atoms with Crippen LogP contribution in [0.1, 0.15) is 20.8 Å². The molecule has 0 rings (SSSR count). The number of rotatable bonds is 5. The molecule has 0 aromatic rings. The molecule has 0 aliphatic rings. The molecule has 0 radical (unpaired) electrons. The van der Waals surface area contributed by atoms with E-state index >= 15 is 0 Å². The maximum absolute atomic E-state index is 11.3. The Balaban J connectivity index is 4.10. The van der Waals surface area contributed by atoms with E-state index in [0.717, 1.165) is 0 Å². The minimum atomic E-state index is -3.62. The van der Waals surface area contributed by atoms with E-state index in [4.69, 9.17) is 10.2 Å². The first-order valence-corrected chi connectivity index (χ1v) is 5.72. The predicted molar refractivity (Wildman–Crippen MR) is 52.9 cm³/mol. The van der Waals surface area contributed by atoms with Gasteiger partial charge >= 0.3 is 0 Å². The summed E-state index contributed by atoms with van der Waals surface area (Å²) in [5, 5.41) is 17.4. The largest absolute Gasteiger partial charge is 0.394 e. The van der Waals surface area contributed by atoms with Gasteiger partial charge in [0.15, 0.2) is 0 Å². The van der Waals surface area contributed by atoms with E-state index in [1.807, 2.05) is 0 Å². The van der Waals surface area contributed by atoms with Crippen LogP contribution in [0.2, 0.25) is 0 Å². The van der Waals surface area contributed by atoms with Crippen molar-refractivity contribution in [1.82, 2.24) is 9.44 Å². The van der Waals surface area contributed by atoms with Crippen molar-refractivity contribution in [1.29, 1.82) is 0 Å². The summed E-state index contributed by atoms with van der Waals surface area (Å²) >= 11 is 0. The highest BCUT2D eigenvalue weighted by Gasteiger charge is 2.19. The van der Waals surface area contributed by atoms with Crippen LogP contribution in [-0.2, 0) is 10.2 Å². The molecule has 4 N–H and O–H groups in total. The summed E-state index contributed by atoms with van der Waals surface area (Å²) in [7, 11) is -3.62. The van der Waals surface area contributed by atoms with Gasteiger partial charge in [0, 0.05) is 12.1 Å². The van der Waals surface area contributed by atoms with E-state index < -0.39 is 28.5 Å². The van der Waals surface area contributed by atoms with Gasteiger partial charge in [-0.25, -0.2) is 0 Å². The molecular weight excluding hydrogens is 208 g/mol. The first-order valence-electron chi connectivity index (χ1n) is 4.24. The molecule has 0 fully saturated rings. The number of aliphatic hydroxyl groups is 2. The molecule has 0 aromatic carbocycles. The van der Waals surface area contributed by atoms with Crippen molar-refractivity contribution in [3.8, 4) is 0 Å². The topological polar surface area (TPSA) is 98.7 Å². The Bertz CT molecular complexity index is 257. The lowest BCUT2D eigenvalue weighted by molar-refractivity contribution is 0.0987. The Morgan fingerprint density at radius 2 is 1.86 bits per heavy atom. The molecule has 1 atom stereocenters. The molecule has 0 aliphatic heterocycles. The van der Waals surface area contributed by atoms with Gasteiger partial charge in [-0.3, -0.25) is 0 Å². The molecule has 0 amide bonds. The zero-order valence-corrected chi connectivity index (χ0v) is 9.43. The molecule has 0 aromatic heterocycles. The summed E-state index contributed by atoms with van der Waals surface area (Å²) in [6.07, 6.45) is -1.08. The quantitative estimate of drug-likeness (QED) is 0.461.